The van der Waals surface area contributed by atoms with Crippen LogP contribution in [0.5, 0.6) is 17.4 Å². The molecule has 0 fully saturated rings. The monoisotopic (exact) mass is 365 g/mol. The van der Waals surface area contributed by atoms with Crippen LogP contribution in [0.4, 0.5) is 0 Å². The number of hydrogen-bond acceptors (Lipinski definition) is 6. The Balaban J connectivity index is 1.77. The smallest absolute Gasteiger partial charge is 0.347 e. The number of fused-ring (bicyclic) bond motifs is 1. The third-order valence-corrected chi connectivity index (χ3v) is 3.89. The molecule has 0 amide bonds. The van der Waals surface area contributed by atoms with Gasteiger partial charge in [-0.2, -0.15) is 10.2 Å². The van der Waals surface area contributed by atoms with Crippen molar-refractivity contribution in [2.24, 2.45) is 0 Å². The highest BCUT2D eigenvalue weighted by Crippen LogP contribution is 2.28. The van der Waals surface area contributed by atoms with Crippen LogP contribution >= 0.6 is 0 Å². The summed E-state index contributed by atoms with van der Waals surface area (Å²) in [5, 5.41) is 9.46. The largest absolute Gasteiger partial charge is 0.479 e. The zero-order valence-corrected chi connectivity index (χ0v) is 15.3. The summed E-state index contributed by atoms with van der Waals surface area (Å²) in [5.41, 5.74) is 1.94. The van der Waals surface area contributed by atoms with Crippen LogP contribution < -0.4 is 9.47 Å². The van der Waals surface area contributed by atoms with Crippen molar-refractivity contribution in [2.45, 2.75) is 26.9 Å². The first-order valence-corrected chi connectivity index (χ1v) is 8.52. The highest BCUT2D eigenvalue weighted by Gasteiger charge is 2.17. The summed E-state index contributed by atoms with van der Waals surface area (Å²) in [4.78, 5) is 16.0. The van der Waals surface area contributed by atoms with E-state index in [2.05, 4.69) is 11.1 Å². The molecule has 0 saturated carbocycles. The van der Waals surface area contributed by atoms with Gasteiger partial charge in [0.2, 0.25) is 0 Å². The third-order valence-electron chi connectivity index (χ3n) is 3.89. The second-order valence-corrected chi connectivity index (χ2v) is 5.85. The van der Waals surface area contributed by atoms with Crippen LogP contribution in [0.15, 0.2) is 42.6 Å². The highest BCUT2D eigenvalue weighted by molar-refractivity contribution is 5.74. The van der Waals surface area contributed by atoms with E-state index in [0.717, 1.165) is 5.56 Å². The number of esters is 1. The van der Waals surface area contributed by atoms with E-state index in [0.29, 0.717) is 29.4 Å². The van der Waals surface area contributed by atoms with Gasteiger partial charge in [0.15, 0.2) is 11.8 Å². The number of carbonyl (C=O) groups excluding carboxylic acids is 1. The number of nitriles is 1. The van der Waals surface area contributed by atoms with Gasteiger partial charge in [-0.3, -0.25) is 4.40 Å². The second-order valence-electron chi connectivity index (χ2n) is 5.85. The summed E-state index contributed by atoms with van der Waals surface area (Å²) in [7, 11) is 0. The van der Waals surface area contributed by atoms with E-state index in [9.17, 15) is 10.1 Å². The number of pyridine rings is 1. The molecule has 2 aromatic heterocycles. The number of imidazole rings is 1. The molecule has 1 atom stereocenters. The van der Waals surface area contributed by atoms with E-state index in [-0.39, 0.29) is 5.88 Å². The number of benzene rings is 1. The molecule has 0 aliphatic rings. The van der Waals surface area contributed by atoms with Gasteiger partial charge in [-0.1, -0.05) is 6.07 Å². The van der Waals surface area contributed by atoms with E-state index >= 15 is 0 Å². The van der Waals surface area contributed by atoms with Crippen molar-refractivity contribution < 1.29 is 19.0 Å². The molecule has 0 radical (unpaired) electrons. The minimum atomic E-state index is -0.705. The van der Waals surface area contributed by atoms with Gasteiger partial charge in [0.05, 0.1) is 6.61 Å². The number of hydrogen-bond donors (Lipinski definition) is 0. The third kappa shape index (κ3) is 3.85. The van der Waals surface area contributed by atoms with Crippen LogP contribution in [0.2, 0.25) is 0 Å². The Morgan fingerprint density at radius 3 is 2.63 bits per heavy atom. The van der Waals surface area contributed by atoms with Crippen LogP contribution in [0.1, 0.15) is 25.1 Å². The molecule has 0 saturated heterocycles. The lowest BCUT2D eigenvalue weighted by molar-refractivity contribution is -0.150. The quantitative estimate of drug-likeness (QED) is 0.620. The summed E-state index contributed by atoms with van der Waals surface area (Å²) in [5.74, 6) is 0.829. The fourth-order valence-corrected chi connectivity index (χ4v) is 2.57. The first-order chi connectivity index (χ1) is 13.0. The molecule has 0 N–H and O–H groups in total. The lowest BCUT2D eigenvalue weighted by Gasteiger charge is -2.13. The maximum absolute atomic E-state index is 11.6. The Bertz CT molecular complexity index is 1000. The maximum Gasteiger partial charge on any atom is 0.347 e. The molecule has 27 heavy (non-hydrogen) atoms. The average Bonchev–Trinajstić information content (AvgIpc) is 3.02. The van der Waals surface area contributed by atoms with Crippen molar-refractivity contribution in [3.05, 3.63) is 53.9 Å². The fourth-order valence-electron chi connectivity index (χ4n) is 2.57. The second kappa shape index (κ2) is 7.79. The van der Waals surface area contributed by atoms with Gasteiger partial charge >= 0.3 is 5.97 Å². The Hall–Kier alpha value is -3.53. The summed E-state index contributed by atoms with van der Waals surface area (Å²) in [6.45, 7) is 5.59. The lowest BCUT2D eigenvalue weighted by atomic mass is 10.3. The Labute approximate surface area is 156 Å². The van der Waals surface area contributed by atoms with E-state index in [1.807, 2.05) is 19.1 Å². The number of nitrogens with zero attached hydrogens (tertiary/aromatic N) is 3. The van der Waals surface area contributed by atoms with E-state index in [1.54, 1.807) is 48.7 Å². The van der Waals surface area contributed by atoms with Gasteiger partial charge in [-0.25, -0.2) is 4.79 Å². The summed E-state index contributed by atoms with van der Waals surface area (Å²) < 4.78 is 17.9. The van der Waals surface area contributed by atoms with Gasteiger partial charge < -0.3 is 14.2 Å². The van der Waals surface area contributed by atoms with Gasteiger partial charge in [0.25, 0.3) is 5.88 Å². The first-order valence-electron chi connectivity index (χ1n) is 8.52. The molecular formula is C20H19N3O4. The van der Waals surface area contributed by atoms with Crippen molar-refractivity contribution in [2.75, 3.05) is 6.61 Å². The van der Waals surface area contributed by atoms with Gasteiger partial charge in [-0.05, 0) is 56.7 Å². The summed E-state index contributed by atoms with van der Waals surface area (Å²) >= 11 is 0. The topological polar surface area (TPSA) is 85.8 Å². The van der Waals surface area contributed by atoms with Crippen molar-refractivity contribution in [3.63, 3.8) is 0 Å². The molecule has 7 heteroatoms. The van der Waals surface area contributed by atoms with E-state index < -0.39 is 12.1 Å². The maximum atomic E-state index is 11.6. The van der Waals surface area contributed by atoms with Gasteiger partial charge in [0.1, 0.15) is 23.2 Å². The molecule has 2 heterocycles. The van der Waals surface area contributed by atoms with Crippen molar-refractivity contribution in [1.82, 2.24) is 9.38 Å². The molecule has 7 nitrogen and oxygen atoms in total. The SMILES string of the molecule is CCOC(=O)C(C)Oc1ccc(Oc2nc3c(C)cccn3c2C#N)cc1. The molecule has 1 aromatic carbocycles. The van der Waals surface area contributed by atoms with Crippen LogP contribution in [-0.2, 0) is 9.53 Å². The Morgan fingerprint density at radius 2 is 1.96 bits per heavy atom. The van der Waals surface area contributed by atoms with Crippen LogP contribution in [-0.4, -0.2) is 28.1 Å². The average molecular weight is 365 g/mol. The number of aromatic nitrogens is 2. The molecule has 0 aliphatic carbocycles. The Morgan fingerprint density at radius 1 is 1.26 bits per heavy atom. The van der Waals surface area contributed by atoms with Crippen LogP contribution in [0.25, 0.3) is 5.65 Å². The number of ether oxygens (including phenoxy) is 3. The number of aryl methyl sites for hydroxylation is 1. The molecule has 0 aliphatic heterocycles. The molecule has 1 unspecified atom stereocenters. The summed E-state index contributed by atoms with van der Waals surface area (Å²) in [6.07, 6.45) is 1.07. The van der Waals surface area contributed by atoms with Gasteiger partial charge in [-0.15, -0.1) is 0 Å². The van der Waals surface area contributed by atoms with Crippen LogP contribution in [0.3, 0.4) is 0 Å². The standard InChI is InChI=1S/C20H19N3O4/c1-4-25-20(24)14(3)26-15-7-9-16(10-8-15)27-19-17(12-21)23-11-5-6-13(2)18(23)22-19/h5-11,14H,4H2,1-3H3. The molecule has 3 aromatic rings. The summed E-state index contributed by atoms with van der Waals surface area (Å²) in [6, 6.07) is 12.6. The van der Waals surface area contributed by atoms with Crippen LogP contribution in [0, 0.1) is 18.3 Å². The first kappa shape index (κ1) is 18.3. The fraction of sp³-hybridized carbons (Fsp3) is 0.250. The highest BCUT2D eigenvalue weighted by atomic mass is 16.6. The van der Waals surface area contributed by atoms with Crippen molar-refractivity contribution >= 4 is 11.6 Å². The number of rotatable bonds is 6. The van der Waals surface area contributed by atoms with E-state index in [1.165, 1.54) is 0 Å². The lowest BCUT2D eigenvalue weighted by Crippen LogP contribution is -2.25. The molecular weight excluding hydrogens is 346 g/mol. The predicted molar refractivity (Wildman–Crippen MR) is 97.9 cm³/mol. The Kier molecular flexibility index (Phi) is 5.27. The molecule has 0 spiro atoms. The normalized spacial score (nSPS) is 11.6. The minimum absolute atomic E-state index is 0.236. The number of carbonyl (C=O) groups is 1. The minimum Gasteiger partial charge on any atom is -0.479 e. The van der Waals surface area contributed by atoms with Crippen molar-refractivity contribution in [3.8, 4) is 23.4 Å². The van der Waals surface area contributed by atoms with Crippen molar-refractivity contribution in [1.29, 1.82) is 5.26 Å². The molecule has 3 rings (SSSR count). The zero-order valence-electron chi connectivity index (χ0n) is 15.3. The van der Waals surface area contributed by atoms with Gasteiger partial charge in [0, 0.05) is 6.20 Å². The van der Waals surface area contributed by atoms with E-state index in [4.69, 9.17) is 14.2 Å². The predicted octanol–water partition coefficient (Wildman–Crippen LogP) is 3.64. The molecule has 0 bridgehead atoms. The zero-order chi connectivity index (χ0) is 19.4. The molecule has 138 valence electrons.